The Balaban J connectivity index is 1.65. The first-order chi connectivity index (χ1) is 13.7. The Kier molecular flexibility index (Phi) is 5.86. The molecular weight excluding hydrogens is 390 g/mol. The first-order valence-electron chi connectivity index (χ1n) is 8.78. The van der Waals surface area contributed by atoms with Gasteiger partial charge in [-0.15, -0.1) is 0 Å². The fourth-order valence-corrected chi connectivity index (χ4v) is 3.28. The molecule has 1 aliphatic rings. The summed E-state index contributed by atoms with van der Waals surface area (Å²) in [7, 11) is 0. The average Bonchev–Trinajstić information content (AvgIpc) is 2.67. The third-order valence-electron chi connectivity index (χ3n) is 4.73. The molecule has 2 aromatic carbocycles. The minimum Gasteiger partial charge on any atom is -0.382 e. The summed E-state index contributed by atoms with van der Waals surface area (Å²) in [4.78, 5) is 14.0. The fourth-order valence-electron chi connectivity index (χ4n) is 3.28. The maximum absolute atomic E-state index is 13.8. The van der Waals surface area contributed by atoms with Gasteiger partial charge in [-0.3, -0.25) is 9.69 Å². The van der Waals surface area contributed by atoms with Crippen LogP contribution >= 0.6 is 0 Å². The minimum absolute atomic E-state index is 0.0514. The fraction of sp³-hybridized carbons (Fsp3) is 0.300. The van der Waals surface area contributed by atoms with Crippen LogP contribution in [0.1, 0.15) is 22.3 Å². The number of benzene rings is 2. The molecule has 0 radical (unpaired) electrons. The highest BCUT2D eigenvalue weighted by atomic mass is 19.4. The van der Waals surface area contributed by atoms with E-state index in [1.54, 1.807) is 17.0 Å². The van der Waals surface area contributed by atoms with Gasteiger partial charge >= 0.3 is 6.18 Å². The van der Waals surface area contributed by atoms with Gasteiger partial charge in [0.05, 0.1) is 17.2 Å². The second kappa shape index (κ2) is 8.19. The average molecular weight is 407 g/mol. The molecule has 1 amide bonds. The number of hydrogen-bond donors (Lipinski definition) is 2. The topological polar surface area (TPSA) is 76.4 Å². The zero-order valence-corrected chi connectivity index (χ0v) is 15.1. The van der Waals surface area contributed by atoms with Gasteiger partial charge in [-0.25, -0.2) is 4.39 Å². The summed E-state index contributed by atoms with van der Waals surface area (Å²) in [5.41, 5.74) is -0.519. The van der Waals surface area contributed by atoms with Crippen molar-refractivity contribution >= 4 is 11.6 Å². The highest BCUT2D eigenvalue weighted by molar-refractivity contribution is 5.94. The van der Waals surface area contributed by atoms with Crippen molar-refractivity contribution < 1.29 is 27.5 Å². The van der Waals surface area contributed by atoms with E-state index in [1.807, 2.05) is 0 Å². The number of hydrogen-bond acceptors (Lipinski definition) is 4. The maximum atomic E-state index is 13.8. The first kappa shape index (κ1) is 20.8. The highest BCUT2D eigenvalue weighted by Gasteiger charge is 2.34. The van der Waals surface area contributed by atoms with Crippen molar-refractivity contribution in [3.8, 4) is 6.07 Å². The van der Waals surface area contributed by atoms with Crippen LogP contribution in [-0.2, 0) is 23.9 Å². The van der Waals surface area contributed by atoms with Gasteiger partial charge < -0.3 is 10.4 Å². The highest BCUT2D eigenvalue weighted by Crippen LogP contribution is 2.33. The van der Waals surface area contributed by atoms with Gasteiger partial charge in [0.1, 0.15) is 11.9 Å². The Morgan fingerprint density at radius 2 is 2.07 bits per heavy atom. The predicted octanol–water partition coefficient (Wildman–Crippen LogP) is 3.07. The molecule has 0 bridgehead atoms. The number of carbonyl (C=O) groups is 1. The van der Waals surface area contributed by atoms with Gasteiger partial charge in [0.15, 0.2) is 0 Å². The second-order valence-electron chi connectivity index (χ2n) is 6.74. The van der Waals surface area contributed by atoms with Gasteiger partial charge in [0, 0.05) is 25.3 Å². The predicted molar refractivity (Wildman–Crippen MR) is 96.2 cm³/mol. The SMILES string of the molecule is N#Cc1ccc(NC(=O)C(O)CN2CCc3c(F)cccc3C2)cc1C(F)(F)F. The zero-order valence-electron chi connectivity index (χ0n) is 15.1. The molecule has 9 heteroatoms. The van der Waals surface area contributed by atoms with Crippen molar-refractivity contribution in [3.63, 3.8) is 0 Å². The van der Waals surface area contributed by atoms with E-state index in [0.717, 1.165) is 11.6 Å². The van der Waals surface area contributed by atoms with Crippen LogP contribution in [0, 0.1) is 17.1 Å². The number of nitriles is 1. The van der Waals surface area contributed by atoms with Crippen LogP contribution in [-0.4, -0.2) is 35.1 Å². The van der Waals surface area contributed by atoms with Crippen LogP contribution in [0.3, 0.4) is 0 Å². The Morgan fingerprint density at radius 1 is 1.31 bits per heavy atom. The van der Waals surface area contributed by atoms with Gasteiger partial charge in [-0.2, -0.15) is 18.4 Å². The first-order valence-corrected chi connectivity index (χ1v) is 8.78. The molecule has 0 aromatic heterocycles. The molecule has 1 unspecified atom stereocenters. The lowest BCUT2D eigenvalue weighted by atomic mass is 9.99. The van der Waals surface area contributed by atoms with Crippen molar-refractivity contribution in [2.75, 3.05) is 18.4 Å². The van der Waals surface area contributed by atoms with Crippen LogP contribution in [0.4, 0.5) is 23.2 Å². The van der Waals surface area contributed by atoms with E-state index in [2.05, 4.69) is 5.32 Å². The number of carbonyl (C=O) groups excluding carboxylic acids is 1. The number of alkyl halides is 3. The van der Waals surface area contributed by atoms with Crippen LogP contribution in [0.25, 0.3) is 0 Å². The number of aliphatic hydroxyl groups excluding tert-OH is 1. The molecule has 152 valence electrons. The third-order valence-corrected chi connectivity index (χ3v) is 4.73. The number of fused-ring (bicyclic) bond motifs is 1. The Bertz CT molecular complexity index is 969. The summed E-state index contributed by atoms with van der Waals surface area (Å²) in [6.07, 6.45) is -5.81. The molecule has 2 aromatic rings. The van der Waals surface area contributed by atoms with E-state index in [1.165, 1.54) is 18.2 Å². The van der Waals surface area contributed by atoms with Crippen molar-refractivity contribution in [1.29, 1.82) is 5.26 Å². The third kappa shape index (κ3) is 4.72. The number of anilines is 1. The molecule has 1 heterocycles. The van der Waals surface area contributed by atoms with Crippen molar-refractivity contribution in [1.82, 2.24) is 4.90 Å². The number of β-amino-alcohol motifs (C(OH)–C–C–N with tert-alkyl or cyclic N) is 1. The summed E-state index contributed by atoms with van der Waals surface area (Å²) in [6, 6.07) is 8.97. The number of rotatable bonds is 4. The lowest BCUT2D eigenvalue weighted by Crippen LogP contribution is -2.42. The molecule has 0 saturated heterocycles. The van der Waals surface area contributed by atoms with Gasteiger partial charge in [0.25, 0.3) is 5.91 Å². The van der Waals surface area contributed by atoms with Gasteiger partial charge in [-0.05, 0) is 41.8 Å². The summed E-state index contributed by atoms with van der Waals surface area (Å²) < 4.78 is 52.8. The van der Waals surface area contributed by atoms with Gasteiger partial charge in [0.2, 0.25) is 0 Å². The number of nitrogens with one attached hydrogen (secondary N) is 1. The Hall–Kier alpha value is -2.96. The van der Waals surface area contributed by atoms with Crippen molar-refractivity contribution in [3.05, 3.63) is 64.5 Å². The molecule has 1 aliphatic heterocycles. The molecule has 0 fully saturated rings. The lowest BCUT2D eigenvalue weighted by molar-refractivity contribution is -0.137. The van der Waals surface area contributed by atoms with Crippen LogP contribution < -0.4 is 5.32 Å². The standard InChI is InChI=1S/C20H17F4N3O2/c21-17-3-1-2-13-10-27(7-6-15(13)17)11-18(28)19(29)26-14-5-4-12(9-25)16(8-14)20(22,23)24/h1-5,8,18,28H,6-7,10-11H2,(H,26,29). The quantitative estimate of drug-likeness (QED) is 0.764. The summed E-state index contributed by atoms with van der Waals surface area (Å²) >= 11 is 0. The van der Waals surface area contributed by atoms with E-state index < -0.39 is 29.3 Å². The largest absolute Gasteiger partial charge is 0.417 e. The molecule has 29 heavy (non-hydrogen) atoms. The Morgan fingerprint density at radius 3 is 2.76 bits per heavy atom. The van der Waals surface area contributed by atoms with Crippen molar-refractivity contribution in [2.24, 2.45) is 0 Å². The monoisotopic (exact) mass is 407 g/mol. The number of aliphatic hydroxyl groups is 1. The van der Waals surface area contributed by atoms with Crippen LogP contribution in [0.15, 0.2) is 36.4 Å². The maximum Gasteiger partial charge on any atom is 0.417 e. The van der Waals surface area contributed by atoms with E-state index in [9.17, 15) is 27.5 Å². The van der Waals surface area contributed by atoms with E-state index in [-0.39, 0.29) is 18.0 Å². The summed E-state index contributed by atoms with van der Waals surface area (Å²) in [5.74, 6) is -1.16. The summed E-state index contributed by atoms with van der Waals surface area (Å²) in [6.45, 7) is 0.740. The zero-order chi connectivity index (χ0) is 21.2. The van der Waals surface area contributed by atoms with Crippen LogP contribution in [0.2, 0.25) is 0 Å². The molecule has 0 spiro atoms. The molecule has 0 aliphatic carbocycles. The molecule has 1 atom stereocenters. The number of halogens is 4. The van der Waals surface area contributed by atoms with E-state index in [4.69, 9.17) is 5.26 Å². The number of nitrogens with zero attached hydrogens (tertiary/aromatic N) is 2. The smallest absolute Gasteiger partial charge is 0.382 e. The lowest BCUT2D eigenvalue weighted by Gasteiger charge is -2.30. The molecule has 3 rings (SSSR count). The van der Waals surface area contributed by atoms with Gasteiger partial charge in [-0.1, -0.05) is 12.1 Å². The van der Waals surface area contributed by atoms with E-state index >= 15 is 0 Å². The van der Waals surface area contributed by atoms with Crippen molar-refractivity contribution in [2.45, 2.75) is 25.2 Å². The normalized spacial score (nSPS) is 15.3. The summed E-state index contributed by atoms with van der Waals surface area (Å²) in [5, 5.41) is 21.2. The van der Waals surface area contributed by atoms with E-state index in [0.29, 0.717) is 31.1 Å². The second-order valence-corrected chi connectivity index (χ2v) is 6.74. The number of amides is 1. The van der Waals surface area contributed by atoms with Crippen LogP contribution in [0.5, 0.6) is 0 Å². The Labute approximate surface area is 164 Å². The molecule has 2 N–H and O–H groups in total. The molecular formula is C20H17F4N3O2. The molecule has 0 saturated carbocycles. The molecule has 5 nitrogen and oxygen atoms in total. The minimum atomic E-state index is -4.75.